The number of ether oxygens (including phenoxy) is 6. The Morgan fingerprint density at radius 3 is 2.53 bits per heavy atom. The van der Waals surface area contributed by atoms with Crippen molar-refractivity contribution in [1.82, 2.24) is 0 Å². The minimum absolute atomic E-state index is 0.119. The smallest absolute Gasteiger partial charge is 0.338 e. The van der Waals surface area contributed by atoms with Gasteiger partial charge in [0, 0.05) is 24.0 Å². The van der Waals surface area contributed by atoms with Gasteiger partial charge in [-0.2, -0.15) is 0 Å². The zero-order valence-corrected chi connectivity index (χ0v) is 26.4. The van der Waals surface area contributed by atoms with E-state index in [9.17, 15) is 14.4 Å². The number of epoxide rings is 1. The summed E-state index contributed by atoms with van der Waals surface area (Å²) in [6.07, 6.45) is 10.3. The van der Waals surface area contributed by atoms with Crippen LogP contribution in [0.5, 0.6) is 0 Å². The summed E-state index contributed by atoms with van der Waals surface area (Å²) in [5.41, 5.74) is 0.617. The fourth-order valence-corrected chi connectivity index (χ4v) is 7.72. The first-order valence-corrected chi connectivity index (χ1v) is 15.8. The minimum Gasteiger partial charge on any atom is -0.462 e. The second-order valence-corrected chi connectivity index (χ2v) is 13.2. The minimum atomic E-state index is -0.633. The molecular weight excluding hydrogens is 576 g/mol. The first kappa shape index (κ1) is 31.5. The van der Waals surface area contributed by atoms with E-state index in [-0.39, 0.29) is 25.4 Å². The summed E-state index contributed by atoms with van der Waals surface area (Å²) in [7, 11) is 0. The number of carbonyl (C=O) groups excluding carboxylic acids is 3. The topological polar surface area (TPSA) is 110 Å². The van der Waals surface area contributed by atoms with E-state index in [1.54, 1.807) is 49.4 Å². The van der Waals surface area contributed by atoms with Gasteiger partial charge in [-0.05, 0) is 52.2 Å². The van der Waals surface area contributed by atoms with Crippen molar-refractivity contribution in [3.05, 3.63) is 83.5 Å². The van der Waals surface area contributed by atoms with Crippen molar-refractivity contribution in [3.63, 3.8) is 0 Å². The molecule has 1 saturated carbocycles. The van der Waals surface area contributed by atoms with E-state index >= 15 is 0 Å². The number of cyclic esters (lactones) is 1. The van der Waals surface area contributed by atoms with Crippen LogP contribution in [0, 0.1) is 10.8 Å². The number of rotatable bonds is 3. The van der Waals surface area contributed by atoms with Crippen molar-refractivity contribution in [1.29, 1.82) is 0 Å². The summed E-state index contributed by atoms with van der Waals surface area (Å²) < 4.78 is 36.8. The summed E-state index contributed by atoms with van der Waals surface area (Å²) >= 11 is 0. The van der Waals surface area contributed by atoms with E-state index in [1.165, 1.54) is 17.7 Å². The molecule has 1 aromatic rings. The molecule has 45 heavy (non-hydrogen) atoms. The Morgan fingerprint density at radius 2 is 1.78 bits per heavy atom. The third-order valence-electron chi connectivity index (χ3n) is 10.5. The number of allylic oxidation sites excluding steroid dienone is 3. The SMILES string of the molecule is CC1=C[C@H]2O[C@@H]3C[C@H]4OC(=O)C=C/C=C\[C@@H]([C@@H](C)OC(=O)c5ccccc5)OCC/C(C)=C\C(=O)OC[C@@]2(CC1)[C@]4(C)[C@@]31CO1. The molecule has 3 heterocycles. The third-order valence-corrected chi connectivity index (χ3v) is 10.5. The lowest BCUT2D eigenvalue weighted by Crippen LogP contribution is -2.66. The second kappa shape index (κ2) is 12.3. The van der Waals surface area contributed by atoms with Crippen LogP contribution in [-0.4, -0.2) is 73.8 Å². The monoisotopic (exact) mass is 618 g/mol. The zero-order chi connectivity index (χ0) is 31.8. The van der Waals surface area contributed by atoms with E-state index in [4.69, 9.17) is 28.4 Å². The van der Waals surface area contributed by atoms with Crippen molar-refractivity contribution in [2.24, 2.45) is 10.8 Å². The molecular formula is C36H42O9. The van der Waals surface area contributed by atoms with E-state index in [1.807, 2.05) is 13.0 Å². The Hall–Kier alpha value is -3.53. The maximum Gasteiger partial charge on any atom is 0.338 e. The quantitative estimate of drug-likeness (QED) is 0.195. The van der Waals surface area contributed by atoms with Gasteiger partial charge in [-0.1, -0.05) is 60.6 Å². The molecule has 0 radical (unpaired) electrons. The molecule has 0 unspecified atom stereocenters. The molecule has 5 aliphatic rings. The summed E-state index contributed by atoms with van der Waals surface area (Å²) in [6.45, 7) is 8.73. The van der Waals surface area contributed by atoms with Crippen LogP contribution in [0.1, 0.15) is 63.7 Å². The number of hydrogen-bond acceptors (Lipinski definition) is 9. The van der Waals surface area contributed by atoms with Gasteiger partial charge in [0.15, 0.2) is 0 Å². The van der Waals surface area contributed by atoms with Crippen molar-refractivity contribution >= 4 is 17.9 Å². The molecule has 0 aromatic heterocycles. The lowest BCUT2D eigenvalue weighted by molar-refractivity contribution is -0.232. The Labute approximate surface area is 264 Å². The average molecular weight is 619 g/mol. The molecule has 8 atom stereocenters. The number of hydrogen-bond donors (Lipinski definition) is 0. The molecule has 3 fully saturated rings. The van der Waals surface area contributed by atoms with Gasteiger partial charge in [0.25, 0.3) is 0 Å². The maximum absolute atomic E-state index is 13.2. The number of carbonyl (C=O) groups is 3. The van der Waals surface area contributed by atoms with Crippen molar-refractivity contribution in [2.75, 3.05) is 19.8 Å². The summed E-state index contributed by atoms with van der Waals surface area (Å²) in [5.74, 6) is -1.39. The predicted octanol–water partition coefficient (Wildman–Crippen LogP) is 5.21. The molecule has 1 aromatic carbocycles. The van der Waals surface area contributed by atoms with Crippen LogP contribution in [0.3, 0.4) is 0 Å². The molecule has 0 amide bonds. The van der Waals surface area contributed by atoms with Crippen LogP contribution >= 0.6 is 0 Å². The van der Waals surface area contributed by atoms with Gasteiger partial charge < -0.3 is 28.4 Å². The Morgan fingerprint density at radius 1 is 1.00 bits per heavy atom. The normalized spacial score (nSPS) is 39.1. The van der Waals surface area contributed by atoms with E-state index < -0.39 is 52.7 Å². The molecule has 0 N–H and O–H groups in total. The van der Waals surface area contributed by atoms with Crippen molar-refractivity contribution < 1.29 is 42.8 Å². The highest BCUT2D eigenvalue weighted by Gasteiger charge is 2.83. The standard InChI is InChI=1S/C36H42O9/c1-23-14-16-35-21-41-32(38)19-24(2)15-17-40-27(25(3)43-33(39)26-10-6-5-7-11-26)12-8-9-13-31(37)45-28-20-30(44-29(35)18-23)36(22-42-36)34(28,35)4/h5-13,18-19,25,27-30H,14-17,20-22H2,1-4H3/b12-8-,13-9?,24-19-/t25-,27+,28-,29-,30-,34-,35-,36-/m1/s1. The van der Waals surface area contributed by atoms with Gasteiger partial charge in [-0.25, -0.2) is 14.4 Å². The highest BCUT2D eigenvalue weighted by atomic mass is 16.6. The van der Waals surface area contributed by atoms with Gasteiger partial charge in [-0.15, -0.1) is 0 Å². The molecule has 3 aliphatic heterocycles. The molecule has 2 bridgehead atoms. The predicted molar refractivity (Wildman–Crippen MR) is 164 cm³/mol. The lowest BCUT2D eigenvalue weighted by Gasteiger charge is -2.58. The Bertz CT molecular complexity index is 1440. The van der Waals surface area contributed by atoms with Gasteiger partial charge in [0.1, 0.15) is 30.5 Å². The summed E-state index contributed by atoms with van der Waals surface area (Å²) in [6, 6.07) is 8.74. The molecule has 2 saturated heterocycles. The molecule has 240 valence electrons. The molecule has 2 aliphatic carbocycles. The average Bonchev–Trinajstić information content (AvgIpc) is 3.80. The molecule has 6 rings (SSSR count). The van der Waals surface area contributed by atoms with Gasteiger partial charge in [-0.3, -0.25) is 0 Å². The van der Waals surface area contributed by atoms with Crippen LogP contribution in [0.2, 0.25) is 0 Å². The first-order valence-electron chi connectivity index (χ1n) is 15.8. The third kappa shape index (κ3) is 5.70. The van der Waals surface area contributed by atoms with Crippen LogP contribution in [0.25, 0.3) is 0 Å². The van der Waals surface area contributed by atoms with E-state index in [2.05, 4.69) is 19.9 Å². The maximum atomic E-state index is 13.2. The fourth-order valence-electron chi connectivity index (χ4n) is 7.72. The van der Waals surface area contributed by atoms with Crippen LogP contribution < -0.4 is 0 Å². The van der Waals surface area contributed by atoms with E-state index in [0.29, 0.717) is 25.0 Å². The largest absolute Gasteiger partial charge is 0.462 e. The number of esters is 3. The lowest BCUT2D eigenvalue weighted by atomic mass is 9.51. The van der Waals surface area contributed by atoms with Gasteiger partial charge in [0.2, 0.25) is 0 Å². The highest BCUT2D eigenvalue weighted by molar-refractivity contribution is 5.89. The summed E-state index contributed by atoms with van der Waals surface area (Å²) in [5, 5.41) is 0. The Kier molecular flexibility index (Phi) is 8.63. The van der Waals surface area contributed by atoms with Crippen LogP contribution in [0.4, 0.5) is 0 Å². The van der Waals surface area contributed by atoms with Gasteiger partial charge >= 0.3 is 17.9 Å². The summed E-state index contributed by atoms with van der Waals surface area (Å²) in [4.78, 5) is 39.1. The van der Waals surface area contributed by atoms with E-state index in [0.717, 1.165) is 18.4 Å². The highest BCUT2D eigenvalue weighted by Crippen LogP contribution is 2.72. The first-order chi connectivity index (χ1) is 21.6. The van der Waals surface area contributed by atoms with Crippen LogP contribution in [0.15, 0.2) is 77.9 Å². The second-order valence-electron chi connectivity index (χ2n) is 13.2. The number of benzene rings is 1. The molecule has 9 heteroatoms. The zero-order valence-electron chi connectivity index (χ0n) is 26.4. The Balaban J connectivity index is 1.27. The van der Waals surface area contributed by atoms with Crippen molar-refractivity contribution in [3.8, 4) is 0 Å². The fraction of sp³-hybridized carbons (Fsp3) is 0.528. The van der Waals surface area contributed by atoms with Crippen molar-refractivity contribution in [2.45, 2.75) is 89.5 Å². The van der Waals surface area contributed by atoms with Crippen LogP contribution in [-0.2, 0) is 38.0 Å². The molecule has 9 nitrogen and oxygen atoms in total. The van der Waals surface area contributed by atoms with Gasteiger partial charge in [0.05, 0.1) is 36.4 Å². The molecule has 2 spiro atoms.